The second kappa shape index (κ2) is 8.33. The number of alkyl halides is 3. The van der Waals surface area contributed by atoms with Crippen molar-refractivity contribution in [1.82, 2.24) is 19.9 Å². The van der Waals surface area contributed by atoms with Crippen LogP contribution in [0.5, 0.6) is 5.88 Å². The second-order valence-corrected chi connectivity index (χ2v) is 7.61. The van der Waals surface area contributed by atoms with Crippen molar-refractivity contribution in [3.8, 4) is 5.88 Å². The fourth-order valence-electron chi connectivity index (χ4n) is 3.53. The van der Waals surface area contributed by atoms with Crippen molar-refractivity contribution in [2.24, 2.45) is 0 Å². The molecule has 4 rings (SSSR count). The fourth-order valence-corrected chi connectivity index (χ4v) is 3.53. The molecule has 166 valence electrons. The van der Waals surface area contributed by atoms with E-state index in [2.05, 4.69) is 20.2 Å². The summed E-state index contributed by atoms with van der Waals surface area (Å²) in [5, 5.41) is 3.28. The van der Waals surface area contributed by atoms with Crippen LogP contribution in [0.3, 0.4) is 0 Å². The standard InChI is InChI=1S/C21H23F4N5O/c1-13-11-15(3-4-16(13)22)12-30-19-17(27-20(30)29-9-7-26-8-10-29)5-6-18(28-19)31-14(2)21(23,24)25/h3-6,11,14,26H,7-10,12H2,1-2H3. The van der Waals surface area contributed by atoms with Crippen molar-refractivity contribution in [3.05, 3.63) is 47.3 Å². The first kappa shape index (κ1) is 21.4. The highest BCUT2D eigenvalue weighted by atomic mass is 19.4. The summed E-state index contributed by atoms with van der Waals surface area (Å²) < 4.78 is 59.4. The largest absolute Gasteiger partial charge is 0.465 e. The number of nitrogens with one attached hydrogen (secondary N) is 1. The first-order valence-corrected chi connectivity index (χ1v) is 10.0. The number of anilines is 1. The molecular weight excluding hydrogens is 414 g/mol. The topological polar surface area (TPSA) is 55.2 Å². The van der Waals surface area contributed by atoms with Gasteiger partial charge in [0.15, 0.2) is 11.8 Å². The highest BCUT2D eigenvalue weighted by Gasteiger charge is 2.38. The predicted molar refractivity (Wildman–Crippen MR) is 109 cm³/mol. The van der Waals surface area contributed by atoms with E-state index in [1.807, 2.05) is 4.57 Å². The molecule has 0 bridgehead atoms. The Morgan fingerprint density at radius 3 is 2.55 bits per heavy atom. The molecule has 0 aliphatic carbocycles. The van der Waals surface area contributed by atoms with Gasteiger partial charge in [0.2, 0.25) is 11.8 Å². The highest BCUT2D eigenvalue weighted by Crippen LogP contribution is 2.28. The first-order valence-electron chi connectivity index (χ1n) is 10.0. The third-order valence-corrected chi connectivity index (χ3v) is 5.27. The minimum Gasteiger partial charge on any atom is -0.465 e. The lowest BCUT2D eigenvalue weighted by Gasteiger charge is -2.28. The van der Waals surface area contributed by atoms with Crippen molar-refractivity contribution in [1.29, 1.82) is 0 Å². The Bertz CT molecular complexity index is 1080. The Balaban J connectivity index is 1.76. The van der Waals surface area contributed by atoms with Gasteiger partial charge < -0.3 is 15.0 Å². The van der Waals surface area contributed by atoms with Gasteiger partial charge in [-0.05, 0) is 37.1 Å². The van der Waals surface area contributed by atoms with Crippen LogP contribution in [0.4, 0.5) is 23.5 Å². The van der Waals surface area contributed by atoms with Gasteiger partial charge in [0, 0.05) is 32.2 Å². The van der Waals surface area contributed by atoms with E-state index in [1.165, 1.54) is 12.1 Å². The summed E-state index contributed by atoms with van der Waals surface area (Å²) in [4.78, 5) is 11.1. The number of rotatable bonds is 5. The molecule has 0 saturated carbocycles. The summed E-state index contributed by atoms with van der Waals surface area (Å²) in [6.07, 6.45) is -6.48. The molecule has 31 heavy (non-hydrogen) atoms. The molecule has 1 unspecified atom stereocenters. The first-order chi connectivity index (χ1) is 14.7. The number of halogens is 4. The molecule has 0 amide bonds. The number of imidazole rings is 1. The lowest BCUT2D eigenvalue weighted by atomic mass is 10.1. The number of benzene rings is 1. The molecule has 1 fully saturated rings. The summed E-state index contributed by atoms with van der Waals surface area (Å²) in [7, 11) is 0. The molecule has 1 aromatic carbocycles. The zero-order valence-corrected chi connectivity index (χ0v) is 17.2. The third kappa shape index (κ3) is 4.58. The van der Waals surface area contributed by atoms with Crippen molar-refractivity contribution in [2.75, 3.05) is 31.1 Å². The average Bonchev–Trinajstić information content (AvgIpc) is 3.08. The number of nitrogens with zero attached hydrogens (tertiary/aromatic N) is 4. The van der Waals surface area contributed by atoms with Gasteiger partial charge in [-0.1, -0.05) is 12.1 Å². The maximum atomic E-state index is 13.7. The summed E-state index contributed by atoms with van der Waals surface area (Å²) in [6.45, 7) is 6.04. The number of pyridine rings is 1. The summed E-state index contributed by atoms with van der Waals surface area (Å²) in [6, 6.07) is 7.84. The summed E-state index contributed by atoms with van der Waals surface area (Å²) >= 11 is 0. The molecule has 1 atom stereocenters. The molecule has 3 heterocycles. The number of hydrogen-bond acceptors (Lipinski definition) is 5. The molecule has 1 aliphatic heterocycles. The Labute approximate surface area is 176 Å². The molecule has 0 spiro atoms. The number of hydrogen-bond donors (Lipinski definition) is 1. The van der Waals surface area contributed by atoms with E-state index in [0.29, 0.717) is 29.2 Å². The molecule has 6 nitrogen and oxygen atoms in total. The number of aryl methyl sites for hydroxylation is 1. The molecule has 1 aliphatic rings. The van der Waals surface area contributed by atoms with E-state index < -0.39 is 12.3 Å². The van der Waals surface area contributed by atoms with Gasteiger partial charge in [0.1, 0.15) is 11.3 Å². The van der Waals surface area contributed by atoms with E-state index in [9.17, 15) is 17.6 Å². The minimum absolute atomic E-state index is 0.124. The maximum absolute atomic E-state index is 13.7. The second-order valence-electron chi connectivity index (χ2n) is 7.61. The number of piperazine rings is 1. The van der Waals surface area contributed by atoms with Crippen molar-refractivity contribution in [2.45, 2.75) is 32.7 Å². The number of aromatic nitrogens is 3. The van der Waals surface area contributed by atoms with E-state index >= 15 is 0 Å². The Morgan fingerprint density at radius 2 is 1.87 bits per heavy atom. The van der Waals surface area contributed by atoms with Gasteiger partial charge in [-0.25, -0.2) is 9.37 Å². The van der Waals surface area contributed by atoms with Gasteiger partial charge in [-0.3, -0.25) is 4.57 Å². The van der Waals surface area contributed by atoms with Gasteiger partial charge in [-0.15, -0.1) is 0 Å². The normalized spacial score (nSPS) is 16.0. The van der Waals surface area contributed by atoms with Crippen LogP contribution in [0.2, 0.25) is 0 Å². The third-order valence-electron chi connectivity index (χ3n) is 5.27. The zero-order chi connectivity index (χ0) is 22.2. The zero-order valence-electron chi connectivity index (χ0n) is 17.2. The van der Waals surface area contributed by atoms with Crippen LogP contribution >= 0.6 is 0 Å². The fraction of sp³-hybridized carbons (Fsp3) is 0.429. The lowest BCUT2D eigenvalue weighted by Crippen LogP contribution is -2.44. The monoisotopic (exact) mass is 437 g/mol. The van der Waals surface area contributed by atoms with Crippen LogP contribution in [0, 0.1) is 12.7 Å². The van der Waals surface area contributed by atoms with Crippen LogP contribution in [0.25, 0.3) is 11.2 Å². The molecular formula is C21H23F4N5O. The van der Waals surface area contributed by atoms with E-state index in [-0.39, 0.29) is 11.7 Å². The summed E-state index contributed by atoms with van der Waals surface area (Å²) in [5.41, 5.74) is 2.33. The predicted octanol–water partition coefficient (Wildman–Crippen LogP) is 3.67. The summed E-state index contributed by atoms with van der Waals surface area (Å²) in [5.74, 6) is 0.254. The molecule has 10 heteroatoms. The molecule has 1 saturated heterocycles. The van der Waals surface area contributed by atoms with E-state index in [4.69, 9.17) is 4.74 Å². The van der Waals surface area contributed by atoms with Gasteiger partial charge in [-0.2, -0.15) is 18.2 Å². The SMILES string of the molecule is Cc1cc(Cn2c(N3CCNCC3)nc3ccc(OC(C)C(F)(F)F)nc32)ccc1F. The van der Waals surface area contributed by atoms with Crippen LogP contribution in [0.15, 0.2) is 30.3 Å². The van der Waals surface area contributed by atoms with Crippen molar-refractivity contribution in [3.63, 3.8) is 0 Å². The number of ether oxygens (including phenoxy) is 1. The van der Waals surface area contributed by atoms with Crippen molar-refractivity contribution < 1.29 is 22.3 Å². The van der Waals surface area contributed by atoms with Gasteiger partial charge in [0.05, 0.1) is 6.54 Å². The van der Waals surface area contributed by atoms with Crippen LogP contribution in [-0.4, -0.2) is 53.0 Å². The Morgan fingerprint density at radius 1 is 1.13 bits per heavy atom. The van der Waals surface area contributed by atoms with Crippen LogP contribution in [0.1, 0.15) is 18.1 Å². The van der Waals surface area contributed by atoms with Gasteiger partial charge in [0.25, 0.3) is 0 Å². The van der Waals surface area contributed by atoms with Crippen molar-refractivity contribution >= 4 is 17.1 Å². The Hall–Kier alpha value is -2.88. The number of fused-ring (bicyclic) bond motifs is 1. The minimum atomic E-state index is -4.49. The molecule has 0 radical (unpaired) electrons. The molecule has 3 aromatic rings. The van der Waals surface area contributed by atoms with Crippen LogP contribution in [-0.2, 0) is 6.54 Å². The quantitative estimate of drug-likeness (QED) is 0.618. The van der Waals surface area contributed by atoms with Gasteiger partial charge >= 0.3 is 6.18 Å². The molecule has 2 aromatic heterocycles. The lowest BCUT2D eigenvalue weighted by molar-refractivity contribution is -0.189. The van der Waals surface area contributed by atoms with E-state index in [0.717, 1.165) is 38.7 Å². The maximum Gasteiger partial charge on any atom is 0.425 e. The highest BCUT2D eigenvalue weighted by molar-refractivity contribution is 5.76. The Kier molecular flexibility index (Phi) is 5.74. The smallest absolute Gasteiger partial charge is 0.425 e. The molecule has 1 N–H and O–H groups in total. The van der Waals surface area contributed by atoms with E-state index in [1.54, 1.807) is 25.1 Å². The van der Waals surface area contributed by atoms with Crippen LogP contribution < -0.4 is 15.0 Å². The average molecular weight is 437 g/mol.